The standard InChI is InChI=1S/C11H16N2O/c1-9-10(4-2-5-11(9)12)8-13-6-3-7-14-13/h2,4-5H,3,6-8,12H2,1H3. The lowest BCUT2D eigenvalue weighted by molar-refractivity contribution is -0.117. The molecule has 76 valence electrons. The van der Waals surface area contributed by atoms with Gasteiger partial charge in [0.25, 0.3) is 0 Å². The van der Waals surface area contributed by atoms with Gasteiger partial charge in [0.15, 0.2) is 0 Å². The van der Waals surface area contributed by atoms with Crippen molar-refractivity contribution in [3.63, 3.8) is 0 Å². The van der Waals surface area contributed by atoms with E-state index in [0.717, 1.165) is 31.8 Å². The highest BCUT2D eigenvalue weighted by molar-refractivity contribution is 5.49. The lowest BCUT2D eigenvalue weighted by Gasteiger charge is -2.15. The summed E-state index contributed by atoms with van der Waals surface area (Å²) >= 11 is 0. The molecule has 3 heteroatoms. The van der Waals surface area contributed by atoms with Gasteiger partial charge in [-0.05, 0) is 30.5 Å². The number of nitrogens with two attached hydrogens (primary N) is 1. The summed E-state index contributed by atoms with van der Waals surface area (Å²) in [4.78, 5) is 5.44. The summed E-state index contributed by atoms with van der Waals surface area (Å²) in [6.45, 7) is 4.77. The third-order valence-electron chi connectivity index (χ3n) is 2.66. The fourth-order valence-corrected chi connectivity index (χ4v) is 1.69. The van der Waals surface area contributed by atoms with Crippen molar-refractivity contribution in [3.8, 4) is 0 Å². The van der Waals surface area contributed by atoms with Crippen LogP contribution in [0.3, 0.4) is 0 Å². The lowest BCUT2D eigenvalue weighted by atomic mass is 10.1. The van der Waals surface area contributed by atoms with E-state index in [9.17, 15) is 0 Å². The molecule has 0 unspecified atom stereocenters. The predicted octanol–water partition coefficient (Wildman–Crippen LogP) is 1.71. The Morgan fingerprint density at radius 2 is 2.36 bits per heavy atom. The number of hydrogen-bond donors (Lipinski definition) is 1. The van der Waals surface area contributed by atoms with E-state index >= 15 is 0 Å². The molecule has 0 aromatic heterocycles. The Morgan fingerprint density at radius 1 is 1.50 bits per heavy atom. The van der Waals surface area contributed by atoms with Crippen LogP contribution in [0.1, 0.15) is 17.5 Å². The van der Waals surface area contributed by atoms with Crippen molar-refractivity contribution >= 4 is 5.69 Å². The summed E-state index contributed by atoms with van der Waals surface area (Å²) in [5.74, 6) is 0. The molecule has 0 aliphatic carbocycles. The van der Waals surface area contributed by atoms with Crippen molar-refractivity contribution < 1.29 is 4.84 Å². The molecule has 0 saturated carbocycles. The molecular formula is C11H16N2O. The average Bonchev–Trinajstić information content (AvgIpc) is 2.66. The molecule has 1 aromatic rings. The zero-order valence-electron chi connectivity index (χ0n) is 8.49. The summed E-state index contributed by atoms with van der Waals surface area (Å²) in [6, 6.07) is 6.03. The topological polar surface area (TPSA) is 38.5 Å². The molecule has 1 aliphatic rings. The van der Waals surface area contributed by atoms with Gasteiger partial charge >= 0.3 is 0 Å². The van der Waals surface area contributed by atoms with Gasteiger partial charge in [-0.2, -0.15) is 5.06 Å². The average molecular weight is 192 g/mol. The van der Waals surface area contributed by atoms with E-state index in [1.54, 1.807) is 0 Å². The molecule has 3 nitrogen and oxygen atoms in total. The van der Waals surface area contributed by atoms with Gasteiger partial charge in [0.2, 0.25) is 0 Å². The minimum Gasteiger partial charge on any atom is -0.399 e. The third kappa shape index (κ3) is 1.89. The molecule has 2 N–H and O–H groups in total. The van der Waals surface area contributed by atoms with Gasteiger partial charge in [-0.1, -0.05) is 12.1 Å². The van der Waals surface area contributed by atoms with E-state index in [4.69, 9.17) is 10.6 Å². The largest absolute Gasteiger partial charge is 0.399 e. The molecule has 1 aliphatic heterocycles. The van der Waals surface area contributed by atoms with Gasteiger partial charge in [0, 0.05) is 18.8 Å². The monoisotopic (exact) mass is 192 g/mol. The van der Waals surface area contributed by atoms with Crippen LogP contribution >= 0.6 is 0 Å². The van der Waals surface area contributed by atoms with Crippen LogP contribution in [0, 0.1) is 6.92 Å². The summed E-state index contributed by atoms with van der Waals surface area (Å²) in [5, 5.41) is 2.00. The molecule has 14 heavy (non-hydrogen) atoms. The molecule has 0 spiro atoms. The van der Waals surface area contributed by atoms with Crippen molar-refractivity contribution in [2.24, 2.45) is 0 Å². The molecule has 0 bridgehead atoms. The van der Waals surface area contributed by atoms with Crippen LogP contribution in [0.5, 0.6) is 0 Å². The number of nitrogens with zero attached hydrogens (tertiary/aromatic N) is 1. The van der Waals surface area contributed by atoms with Gasteiger partial charge < -0.3 is 5.73 Å². The molecular weight excluding hydrogens is 176 g/mol. The first-order valence-corrected chi connectivity index (χ1v) is 4.99. The van der Waals surface area contributed by atoms with E-state index in [2.05, 4.69) is 13.0 Å². The fraction of sp³-hybridized carbons (Fsp3) is 0.455. The van der Waals surface area contributed by atoms with Gasteiger partial charge in [-0.15, -0.1) is 0 Å². The zero-order chi connectivity index (χ0) is 9.97. The maximum atomic E-state index is 5.84. The second kappa shape index (κ2) is 3.98. The van der Waals surface area contributed by atoms with Crippen molar-refractivity contribution in [1.82, 2.24) is 5.06 Å². The zero-order valence-corrected chi connectivity index (χ0v) is 8.49. The van der Waals surface area contributed by atoms with Gasteiger partial charge in [0.1, 0.15) is 0 Å². The van der Waals surface area contributed by atoms with Gasteiger partial charge in [-0.25, -0.2) is 0 Å². The quantitative estimate of drug-likeness (QED) is 0.725. The van der Waals surface area contributed by atoms with Crippen LogP contribution in [0.2, 0.25) is 0 Å². The van der Waals surface area contributed by atoms with Crippen LogP contribution in [-0.4, -0.2) is 18.2 Å². The van der Waals surface area contributed by atoms with Crippen molar-refractivity contribution in [3.05, 3.63) is 29.3 Å². The Morgan fingerprint density at radius 3 is 3.07 bits per heavy atom. The Hall–Kier alpha value is -1.06. The number of anilines is 1. The third-order valence-corrected chi connectivity index (χ3v) is 2.66. The first kappa shape index (κ1) is 9.49. The Labute approximate surface area is 84.4 Å². The predicted molar refractivity (Wildman–Crippen MR) is 56.6 cm³/mol. The van der Waals surface area contributed by atoms with Crippen molar-refractivity contribution in [2.45, 2.75) is 19.9 Å². The van der Waals surface area contributed by atoms with Gasteiger partial charge in [-0.3, -0.25) is 4.84 Å². The highest BCUT2D eigenvalue weighted by Crippen LogP contribution is 2.18. The van der Waals surface area contributed by atoms with E-state index in [0.29, 0.717) is 0 Å². The van der Waals surface area contributed by atoms with E-state index in [1.165, 1.54) is 11.1 Å². The van der Waals surface area contributed by atoms with Crippen LogP contribution < -0.4 is 5.73 Å². The Kier molecular flexibility index (Phi) is 2.70. The maximum absolute atomic E-state index is 5.84. The summed E-state index contributed by atoms with van der Waals surface area (Å²) in [7, 11) is 0. The van der Waals surface area contributed by atoms with Crippen molar-refractivity contribution in [2.75, 3.05) is 18.9 Å². The van der Waals surface area contributed by atoms with Crippen LogP contribution in [0.4, 0.5) is 5.69 Å². The van der Waals surface area contributed by atoms with E-state index < -0.39 is 0 Å². The molecule has 1 heterocycles. The normalized spacial score (nSPS) is 17.5. The minimum atomic E-state index is 0.844. The Balaban J connectivity index is 2.11. The maximum Gasteiger partial charge on any atom is 0.0698 e. The number of hydrogen-bond acceptors (Lipinski definition) is 3. The second-order valence-electron chi connectivity index (χ2n) is 3.68. The van der Waals surface area contributed by atoms with Crippen LogP contribution in [-0.2, 0) is 11.4 Å². The highest BCUT2D eigenvalue weighted by Gasteiger charge is 2.13. The van der Waals surface area contributed by atoms with Gasteiger partial charge in [0.05, 0.1) is 6.61 Å². The molecule has 0 amide bonds. The van der Waals surface area contributed by atoms with E-state index in [-0.39, 0.29) is 0 Å². The SMILES string of the molecule is Cc1c(N)cccc1CN1CCCO1. The second-order valence-corrected chi connectivity index (χ2v) is 3.68. The Bertz CT molecular complexity index is 319. The molecule has 2 rings (SSSR count). The molecule has 1 saturated heterocycles. The first-order valence-electron chi connectivity index (χ1n) is 4.99. The number of nitrogen functional groups attached to an aromatic ring is 1. The summed E-state index contributed by atoms with van der Waals surface area (Å²) in [6.07, 6.45) is 1.13. The highest BCUT2D eigenvalue weighted by atomic mass is 16.7. The minimum absolute atomic E-state index is 0.844. The number of benzene rings is 1. The van der Waals surface area contributed by atoms with Crippen LogP contribution in [0.25, 0.3) is 0 Å². The molecule has 1 aromatic carbocycles. The molecule has 1 fully saturated rings. The summed E-state index contributed by atoms with van der Waals surface area (Å²) in [5.41, 5.74) is 9.12. The number of rotatable bonds is 2. The first-order chi connectivity index (χ1) is 6.77. The van der Waals surface area contributed by atoms with E-state index in [1.807, 2.05) is 17.2 Å². The van der Waals surface area contributed by atoms with Crippen molar-refractivity contribution in [1.29, 1.82) is 0 Å². The summed E-state index contributed by atoms with van der Waals surface area (Å²) < 4.78 is 0. The smallest absolute Gasteiger partial charge is 0.0698 e. The molecule has 0 atom stereocenters. The number of hydroxylamine groups is 2. The lowest BCUT2D eigenvalue weighted by Crippen LogP contribution is -2.17. The van der Waals surface area contributed by atoms with Crippen LogP contribution in [0.15, 0.2) is 18.2 Å². The fourth-order valence-electron chi connectivity index (χ4n) is 1.69. The molecule has 0 radical (unpaired) electrons.